The van der Waals surface area contributed by atoms with Crippen LogP contribution < -0.4 is 5.32 Å². The van der Waals surface area contributed by atoms with Crippen molar-refractivity contribution in [3.8, 4) is 11.1 Å². The van der Waals surface area contributed by atoms with Crippen molar-refractivity contribution in [1.29, 1.82) is 0 Å². The molecular weight excluding hydrogens is 302 g/mol. The summed E-state index contributed by atoms with van der Waals surface area (Å²) in [6.45, 7) is 0.523. The van der Waals surface area contributed by atoms with E-state index in [0.717, 1.165) is 16.8 Å². The molecule has 1 aromatic carbocycles. The molecule has 0 unspecified atom stereocenters. The van der Waals surface area contributed by atoms with Gasteiger partial charge in [-0.2, -0.15) is 5.10 Å². The average molecular weight is 316 g/mol. The Kier molecular flexibility index (Phi) is 4.32. The van der Waals surface area contributed by atoms with Crippen LogP contribution in [0.15, 0.2) is 49.1 Å². The third-order valence-electron chi connectivity index (χ3n) is 3.03. The quantitative estimate of drug-likeness (QED) is 0.757. The van der Waals surface area contributed by atoms with Crippen LogP contribution in [0.1, 0.15) is 0 Å². The number of hydrogen-bond acceptors (Lipinski definition) is 5. The standard InChI is InChI=1S/C15H14ClN5O/c16-13-2-1-3-14(6-13)20-15-17-7-11(8-18-15)12-9-19-21(10-12)4-5-22/h1-3,6-10,22H,4-5H2,(H,17,18,20). The van der Waals surface area contributed by atoms with Crippen LogP contribution in [0.3, 0.4) is 0 Å². The van der Waals surface area contributed by atoms with Gasteiger partial charge in [0.1, 0.15) is 0 Å². The second-order valence-corrected chi connectivity index (χ2v) is 5.08. The zero-order valence-electron chi connectivity index (χ0n) is 11.6. The number of benzene rings is 1. The van der Waals surface area contributed by atoms with Gasteiger partial charge in [-0.25, -0.2) is 9.97 Å². The molecule has 0 aliphatic heterocycles. The Labute approximate surface area is 132 Å². The van der Waals surface area contributed by atoms with E-state index in [1.165, 1.54) is 0 Å². The second-order valence-electron chi connectivity index (χ2n) is 4.65. The van der Waals surface area contributed by atoms with Gasteiger partial charge in [-0.1, -0.05) is 17.7 Å². The summed E-state index contributed by atoms with van der Waals surface area (Å²) in [5, 5.41) is 16.8. The van der Waals surface area contributed by atoms with Crippen molar-refractivity contribution in [2.24, 2.45) is 0 Å². The van der Waals surface area contributed by atoms with E-state index in [4.69, 9.17) is 16.7 Å². The summed E-state index contributed by atoms with van der Waals surface area (Å²) in [7, 11) is 0. The van der Waals surface area contributed by atoms with Gasteiger partial charge >= 0.3 is 0 Å². The summed E-state index contributed by atoms with van der Waals surface area (Å²) >= 11 is 5.94. The molecule has 2 aromatic heterocycles. The minimum atomic E-state index is 0.0557. The summed E-state index contributed by atoms with van der Waals surface area (Å²) in [6.07, 6.45) is 7.01. The first-order chi connectivity index (χ1) is 10.7. The predicted octanol–water partition coefficient (Wildman–Crippen LogP) is 2.73. The van der Waals surface area contributed by atoms with Gasteiger partial charge in [-0.05, 0) is 18.2 Å². The van der Waals surface area contributed by atoms with Gasteiger partial charge in [0.05, 0.1) is 19.3 Å². The Bertz CT molecular complexity index is 757. The zero-order chi connectivity index (χ0) is 15.4. The molecular formula is C15H14ClN5O. The summed E-state index contributed by atoms with van der Waals surface area (Å²) in [5.41, 5.74) is 2.60. The molecule has 0 saturated heterocycles. The molecule has 0 aliphatic carbocycles. The highest BCUT2D eigenvalue weighted by atomic mass is 35.5. The third kappa shape index (κ3) is 3.41. The third-order valence-corrected chi connectivity index (χ3v) is 3.26. The van der Waals surface area contributed by atoms with Crippen LogP contribution in [0.5, 0.6) is 0 Å². The Morgan fingerprint density at radius 3 is 2.68 bits per heavy atom. The molecule has 0 saturated carbocycles. The van der Waals surface area contributed by atoms with Gasteiger partial charge in [-0.15, -0.1) is 0 Å². The van der Waals surface area contributed by atoms with Crippen molar-refractivity contribution in [1.82, 2.24) is 19.7 Å². The minimum absolute atomic E-state index is 0.0557. The largest absolute Gasteiger partial charge is 0.394 e. The maximum atomic E-state index is 8.89. The summed E-state index contributed by atoms with van der Waals surface area (Å²) in [5.74, 6) is 0.494. The molecule has 0 spiro atoms. The maximum absolute atomic E-state index is 8.89. The van der Waals surface area contributed by atoms with Gasteiger partial charge in [0.25, 0.3) is 0 Å². The van der Waals surface area contributed by atoms with E-state index in [1.807, 2.05) is 18.3 Å². The minimum Gasteiger partial charge on any atom is -0.394 e. The average Bonchev–Trinajstić information content (AvgIpc) is 2.97. The van der Waals surface area contributed by atoms with Crippen LogP contribution in [0.2, 0.25) is 5.02 Å². The SMILES string of the molecule is OCCn1cc(-c2cnc(Nc3cccc(Cl)c3)nc2)cn1. The second kappa shape index (κ2) is 6.55. The van der Waals surface area contributed by atoms with E-state index in [9.17, 15) is 0 Å². The van der Waals surface area contributed by atoms with Gasteiger partial charge in [0.2, 0.25) is 5.95 Å². The molecule has 0 amide bonds. The van der Waals surface area contributed by atoms with E-state index in [2.05, 4.69) is 20.4 Å². The van der Waals surface area contributed by atoms with Crippen LogP contribution in [0.4, 0.5) is 11.6 Å². The lowest BCUT2D eigenvalue weighted by molar-refractivity contribution is 0.269. The fourth-order valence-corrected chi connectivity index (χ4v) is 2.16. The van der Waals surface area contributed by atoms with Crippen molar-refractivity contribution in [3.63, 3.8) is 0 Å². The lowest BCUT2D eigenvalue weighted by Gasteiger charge is -2.05. The molecule has 0 aliphatic rings. The molecule has 112 valence electrons. The molecule has 0 radical (unpaired) electrons. The summed E-state index contributed by atoms with van der Waals surface area (Å²) in [4.78, 5) is 8.57. The summed E-state index contributed by atoms with van der Waals surface area (Å²) < 4.78 is 1.67. The Balaban J connectivity index is 1.74. The smallest absolute Gasteiger partial charge is 0.227 e. The van der Waals surface area contributed by atoms with Crippen molar-refractivity contribution in [2.75, 3.05) is 11.9 Å². The Morgan fingerprint density at radius 2 is 1.95 bits per heavy atom. The molecule has 6 nitrogen and oxygen atoms in total. The van der Waals surface area contributed by atoms with Crippen LogP contribution in [0, 0.1) is 0 Å². The molecule has 3 rings (SSSR count). The fourth-order valence-electron chi connectivity index (χ4n) is 1.97. The molecule has 3 aromatic rings. The highest BCUT2D eigenvalue weighted by molar-refractivity contribution is 6.30. The monoisotopic (exact) mass is 315 g/mol. The number of nitrogens with one attached hydrogen (secondary N) is 1. The van der Waals surface area contributed by atoms with Crippen LogP contribution in [0.25, 0.3) is 11.1 Å². The van der Waals surface area contributed by atoms with E-state index >= 15 is 0 Å². The predicted molar refractivity (Wildman–Crippen MR) is 85.1 cm³/mol. The number of anilines is 2. The van der Waals surface area contributed by atoms with Crippen LogP contribution >= 0.6 is 11.6 Å². The molecule has 0 fully saturated rings. The fraction of sp³-hybridized carbons (Fsp3) is 0.133. The van der Waals surface area contributed by atoms with Crippen molar-refractivity contribution in [2.45, 2.75) is 6.54 Å². The van der Waals surface area contributed by atoms with Gasteiger partial charge in [0.15, 0.2) is 0 Å². The Morgan fingerprint density at radius 1 is 1.14 bits per heavy atom. The number of halogens is 1. The number of hydrogen-bond donors (Lipinski definition) is 2. The number of aliphatic hydroxyl groups excluding tert-OH is 1. The Hall–Kier alpha value is -2.44. The molecule has 0 bridgehead atoms. The first-order valence-corrected chi connectivity index (χ1v) is 7.11. The number of aliphatic hydroxyl groups is 1. The molecule has 2 heterocycles. The van der Waals surface area contributed by atoms with E-state index < -0.39 is 0 Å². The first-order valence-electron chi connectivity index (χ1n) is 6.73. The molecule has 7 heteroatoms. The number of aromatic nitrogens is 4. The van der Waals surface area contributed by atoms with Crippen molar-refractivity contribution in [3.05, 3.63) is 54.1 Å². The van der Waals surface area contributed by atoms with Crippen molar-refractivity contribution < 1.29 is 5.11 Å². The molecule has 22 heavy (non-hydrogen) atoms. The summed E-state index contributed by atoms with van der Waals surface area (Å²) in [6, 6.07) is 7.36. The molecule has 0 atom stereocenters. The molecule has 2 N–H and O–H groups in total. The number of nitrogens with zero attached hydrogens (tertiary/aromatic N) is 4. The topological polar surface area (TPSA) is 75.9 Å². The normalized spacial score (nSPS) is 10.6. The van der Waals surface area contributed by atoms with Crippen LogP contribution in [-0.2, 0) is 6.54 Å². The maximum Gasteiger partial charge on any atom is 0.227 e. The first kappa shape index (κ1) is 14.5. The van der Waals surface area contributed by atoms with Gasteiger partial charge < -0.3 is 10.4 Å². The van der Waals surface area contributed by atoms with E-state index in [1.54, 1.807) is 35.4 Å². The lowest BCUT2D eigenvalue weighted by Crippen LogP contribution is -2.01. The highest BCUT2D eigenvalue weighted by Gasteiger charge is 2.04. The van der Waals surface area contributed by atoms with E-state index in [0.29, 0.717) is 17.5 Å². The van der Waals surface area contributed by atoms with Crippen LogP contribution in [-0.4, -0.2) is 31.5 Å². The van der Waals surface area contributed by atoms with E-state index in [-0.39, 0.29) is 6.61 Å². The van der Waals surface area contributed by atoms with Gasteiger partial charge in [0, 0.05) is 40.4 Å². The number of rotatable bonds is 5. The van der Waals surface area contributed by atoms with Gasteiger partial charge in [-0.3, -0.25) is 4.68 Å². The van der Waals surface area contributed by atoms with Crippen molar-refractivity contribution >= 4 is 23.2 Å². The zero-order valence-corrected chi connectivity index (χ0v) is 12.4. The lowest BCUT2D eigenvalue weighted by atomic mass is 10.2. The highest BCUT2D eigenvalue weighted by Crippen LogP contribution is 2.20.